The van der Waals surface area contributed by atoms with Crippen LogP contribution in [0.15, 0.2) is 94.6 Å². The van der Waals surface area contributed by atoms with Gasteiger partial charge in [-0.3, -0.25) is 153 Å². The Morgan fingerprint density at radius 2 is 0.605 bits per heavy atom. The summed E-state index contributed by atoms with van der Waals surface area (Å²) in [6.07, 6.45) is 6.18. The second-order valence-electron chi connectivity index (χ2n) is 29.1. The first-order valence-electron chi connectivity index (χ1n) is 39.4. The number of primary amides is 1. The summed E-state index contributed by atoms with van der Waals surface area (Å²) >= 11 is 0. The summed E-state index contributed by atoms with van der Waals surface area (Å²) < 4.78 is 4.38. The SMILES string of the molecule is CC(=O)NCCN(CC(=O)NCCN(CC(=O)NCCN(CC(=O)NCCN(CC(=O)NCCN(CC(=O)NCCN(CC(=O)N[C@@H](CCCCN)C(N)=O)C(=O)Cn1cc(C)c(=O)[nH]c1=O)C(=O)Cn1cc(C)c(=O)[nH]c1=O)C(=O)Cn1c(C(=O)O)cc(=O)[nH]c1=O)C(=O)Cn1cc(C)c(=O)[nH]c1=O)C(=O)Cn1cc(C)c(=O)[nH]c1=O)C(=O)Cn1cc(C)c(=O)[nH]c1=O. The van der Waals surface area contributed by atoms with Gasteiger partial charge in [-0.15, -0.1) is 0 Å². The molecule has 14 amide bonds. The van der Waals surface area contributed by atoms with Crippen LogP contribution < -0.4 is 116 Å². The van der Waals surface area contributed by atoms with Gasteiger partial charge in [0.25, 0.3) is 33.4 Å². The Morgan fingerprint density at radius 1 is 0.357 bits per heavy atom. The fraction of sp³-hybridized carbons (Fsp3) is 0.473. The molecule has 6 aromatic rings. The average Bonchev–Trinajstić information content (AvgIpc) is 0.817. The quantitative estimate of drug-likeness (QED) is 0.0158. The summed E-state index contributed by atoms with van der Waals surface area (Å²) in [5, 5.41) is 27.1. The van der Waals surface area contributed by atoms with Crippen molar-refractivity contribution < 1.29 is 77.0 Å². The number of aryl methyl sites for hydroxylation is 5. The van der Waals surface area contributed by atoms with E-state index in [0.29, 0.717) is 28.4 Å². The first kappa shape index (κ1) is 102. The van der Waals surface area contributed by atoms with Crippen molar-refractivity contribution in [2.24, 2.45) is 11.5 Å². The standard InChI is InChI=1S/C74H99N27O28/c1-41-24-96(69(124)85-63(41)117)35-56(110)90(17-11-77-46(6)102)29-50(104)78-12-18-91(57(111)36-97-25-42(2)64(118)86-70(97)125)30-51(105)79-13-19-92(58(112)37-98-26-43(3)65(119)87-71(98)126)31-52(106)81-15-21-94(61(115)40-101-48(68(122)123)23-49(103)84-74(101)129)33-54(108)80-14-20-93(59(113)38-99-27-44(4)66(120)88-72(99)127)32-53(107)82-16-22-95(34-55(109)83-47(62(76)116)9-7-8-10-75)60(114)39-100-28-45(5)67(121)89-73(100)128/h23-28,47H,7-22,29-40,75H2,1-6H3,(H2,76,116)(H,77,102)(H,78,104)(H,79,105)(H,80,108)(H,81,106)(H,82,107)(H,83,109)(H,122,123)(H,84,103,129)(H,85,117,124)(H,86,118,125)(H,87,119,126)(H,88,120,127)(H,89,121,128)/t47-/m0/s1. The van der Waals surface area contributed by atoms with E-state index in [1.54, 1.807) is 4.98 Å². The monoisotopic (exact) mass is 1810 g/mol. The van der Waals surface area contributed by atoms with Crippen molar-refractivity contribution in [2.45, 2.75) is 106 Å². The van der Waals surface area contributed by atoms with Gasteiger partial charge in [-0.25, -0.2) is 33.6 Å². The number of H-pyrrole nitrogens is 6. The van der Waals surface area contributed by atoms with Crippen molar-refractivity contribution in [1.29, 1.82) is 0 Å². The smallest absolute Gasteiger partial charge is 0.352 e. The van der Waals surface area contributed by atoms with Crippen LogP contribution in [0.1, 0.15) is 64.5 Å². The van der Waals surface area contributed by atoms with Crippen molar-refractivity contribution in [3.63, 3.8) is 0 Å². The maximum atomic E-state index is 14.3. The molecule has 0 spiro atoms. The first-order valence-corrected chi connectivity index (χ1v) is 39.4. The number of carboxylic acids is 1. The molecule has 1 atom stereocenters. The molecule has 6 rings (SSSR count). The third-order valence-electron chi connectivity index (χ3n) is 19.0. The second kappa shape index (κ2) is 48.4. The Kier molecular flexibility index (Phi) is 38.2. The molecule has 6 aromatic heterocycles. The van der Waals surface area contributed by atoms with Crippen molar-refractivity contribution >= 4 is 88.7 Å². The highest BCUT2D eigenvalue weighted by atomic mass is 16.4. The molecule has 0 saturated carbocycles. The van der Waals surface area contributed by atoms with E-state index in [4.69, 9.17) is 11.5 Å². The molecule has 18 N–H and O–H groups in total. The van der Waals surface area contributed by atoms with E-state index in [1.807, 2.05) is 24.9 Å². The zero-order valence-corrected chi connectivity index (χ0v) is 70.8. The predicted molar refractivity (Wildman–Crippen MR) is 446 cm³/mol. The lowest BCUT2D eigenvalue weighted by Crippen LogP contribution is -2.51. The number of carbonyl (C=O) groups is 15. The van der Waals surface area contributed by atoms with E-state index in [9.17, 15) is 135 Å². The Morgan fingerprint density at radius 3 is 0.845 bits per heavy atom. The third-order valence-corrected chi connectivity index (χ3v) is 19.0. The number of rotatable bonds is 49. The van der Waals surface area contributed by atoms with Gasteiger partial charge in [0.2, 0.25) is 82.7 Å². The number of nitrogens with two attached hydrogens (primary N) is 2. The van der Waals surface area contributed by atoms with E-state index in [2.05, 4.69) is 37.2 Å². The second-order valence-corrected chi connectivity index (χ2v) is 29.1. The molecule has 0 saturated heterocycles. The Bertz CT molecular complexity index is 6040. The van der Waals surface area contributed by atoms with Gasteiger partial charge in [0, 0.05) is 150 Å². The highest BCUT2D eigenvalue weighted by Crippen LogP contribution is 2.06. The molecular weight excluding hydrogens is 1710 g/mol. The number of amides is 14. The molecule has 129 heavy (non-hydrogen) atoms. The normalized spacial score (nSPS) is 11.1. The number of carbonyl (C=O) groups excluding carboxylic acids is 14. The molecule has 0 aromatic carbocycles. The predicted octanol–water partition coefficient (Wildman–Crippen LogP) is -14.7. The molecule has 0 aliphatic carbocycles. The van der Waals surface area contributed by atoms with Gasteiger partial charge in [-0.2, -0.15) is 0 Å². The number of hydrogen-bond donors (Lipinski definition) is 16. The van der Waals surface area contributed by atoms with Crippen LogP contribution in [0.2, 0.25) is 0 Å². The topological polar surface area (TPSA) is 761 Å². The maximum Gasteiger partial charge on any atom is 0.352 e. The fourth-order valence-corrected chi connectivity index (χ4v) is 12.1. The summed E-state index contributed by atoms with van der Waals surface area (Å²) in [4.78, 5) is 370. The van der Waals surface area contributed by atoms with E-state index in [0.717, 1.165) is 78.3 Å². The fourth-order valence-electron chi connectivity index (χ4n) is 12.1. The van der Waals surface area contributed by atoms with E-state index in [1.165, 1.54) is 41.5 Å². The summed E-state index contributed by atoms with van der Waals surface area (Å²) in [7, 11) is 0. The molecular formula is C74H99N27O28. The summed E-state index contributed by atoms with van der Waals surface area (Å²) in [6.45, 7) is -8.66. The maximum absolute atomic E-state index is 14.3. The van der Waals surface area contributed by atoms with Crippen molar-refractivity contribution in [3.8, 4) is 0 Å². The van der Waals surface area contributed by atoms with Gasteiger partial charge < -0.3 is 83.2 Å². The molecule has 0 fully saturated rings. The van der Waals surface area contributed by atoms with Gasteiger partial charge in [-0.05, 0) is 60.4 Å². The van der Waals surface area contributed by atoms with Crippen LogP contribution >= 0.6 is 0 Å². The number of unbranched alkanes of at least 4 members (excludes halogenated alkanes) is 1. The van der Waals surface area contributed by atoms with Gasteiger partial charge in [0.15, 0.2) is 0 Å². The lowest BCUT2D eigenvalue weighted by atomic mass is 10.1. The Hall–Kier alpha value is -15.9. The minimum atomic E-state index is -1.87. The van der Waals surface area contributed by atoms with Crippen LogP contribution in [0.5, 0.6) is 0 Å². The molecule has 6 heterocycles. The largest absolute Gasteiger partial charge is 0.477 e. The molecule has 0 radical (unpaired) electrons. The van der Waals surface area contributed by atoms with Crippen LogP contribution in [0.4, 0.5) is 0 Å². The molecule has 55 nitrogen and oxygen atoms in total. The first-order chi connectivity index (χ1) is 60.8. The number of hydrogen-bond acceptors (Lipinski definition) is 28. The molecule has 0 aliphatic rings. The third kappa shape index (κ3) is 32.3. The van der Waals surface area contributed by atoms with Crippen LogP contribution in [0.3, 0.4) is 0 Å². The van der Waals surface area contributed by atoms with Crippen molar-refractivity contribution in [3.05, 3.63) is 196 Å². The van der Waals surface area contributed by atoms with Crippen LogP contribution in [-0.2, 0) is 106 Å². The summed E-state index contributed by atoms with van der Waals surface area (Å²) in [5.41, 5.74) is -1.53. The number of aromatic nitrogens is 12. The van der Waals surface area contributed by atoms with Crippen molar-refractivity contribution in [1.82, 2.24) is 124 Å². The van der Waals surface area contributed by atoms with Crippen LogP contribution in [-0.4, -0.2) is 311 Å². The Balaban J connectivity index is 1.20. The zero-order chi connectivity index (χ0) is 95.8. The van der Waals surface area contributed by atoms with Gasteiger partial charge >= 0.3 is 40.1 Å². The lowest BCUT2D eigenvalue weighted by molar-refractivity contribution is -0.138. The molecule has 698 valence electrons. The minimum absolute atomic E-state index is 0.00573. The van der Waals surface area contributed by atoms with Gasteiger partial charge in [0.05, 0.1) is 39.3 Å². The van der Waals surface area contributed by atoms with Gasteiger partial charge in [0.1, 0.15) is 51.0 Å². The summed E-state index contributed by atoms with van der Waals surface area (Å²) in [6, 6.07) is -0.748. The van der Waals surface area contributed by atoms with E-state index >= 15 is 0 Å². The molecule has 0 bridgehead atoms. The minimum Gasteiger partial charge on any atom is -0.477 e. The number of carboxylic acid groups (broad SMARTS) is 1. The number of nitrogens with zero attached hydrogens (tertiary/aromatic N) is 12. The zero-order valence-electron chi connectivity index (χ0n) is 70.8. The van der Waals surface area contributed by atoms with Gasteiger partial charge in [-0.1, -0.05) is 0 Å². The lowest BCUT2D eigenvalue weighted by Gasteiger charge is -2.26. The van der Waals surface area contributed by atoms with Crippen LogP contribution in [0, 0.1) is 34.6 Å². The molecule has 0 unspecified atom stereocenters. The van der Waals surface area contributed by atoms with E-state index < -0.39 is 312 Å². The van der Waals surface area contributed by atoms with Crippen LogP contribution in [0.25, 0.3) is 0 Å². The number of aromatic carboxylic acids is 1. The number of aromatic amines is 6. The number of nitrogens with one attached hydrogen (secondary N) is 13. The van der Waals surface area contributed by atoms with E-state index in [-0.39, 0.29) is 53.9 Å². The van der Waals surface area contributed by atoms with Crippen molar-refractivity contribution in [2.75, 3.05) is 124 Å². The highest BCUT2D eigenvalue weighted by molar-refractivity contribution is 5.91. The molecule has 0 aliphatic heterocycles. The summed E-state index contributed by atoms with van der Waals surface area (Å²) in [5.74, 6) is -15.2. The Labute approximate surface area is 724 Å². The molecule has 55 heteroatoms. The highest BCUT2D eigenvalue weighted by Gasteiger charge is 2.29. The average molecular weight is 1810 g/mol.